The molecule has 0 radical (unpaired) electrons. The van der Waals surface area contributed by atoms with E-state index in [-0.39, 0.29) is 23.4 Å². The van der Waals surface area contributed by atoms with Gasteiger partial charge in [-0.05, 0) is 44.0 Å². The van der Waals surface area contributed by atoms with E-state index in [2.05, 4.69) is 5.32 Å². The second-order valence-corrected chi connectivity index (χ2v) is 8.27. The average molecular weight is 360 g/mol. The highest BCUT2D eigenvalue weighted by Crippen LogP contribution is 2.19. The van der Waals surface area contributed by atoms with Crippen molar-refractivity contribution in [3.05, 3.63) is 65.2 Å². The third-order valence-corrected chi connectivity index (χ3v) is 5.91. The first kappa shape index (κ1) is 19.1. The first-order valence-corrected chi connectivity index (χ1v) is 9.53. The fourth-order valence-electron chi connectivity index (χ4n) is 2.65. The summed E-state index contributed by atoms with van der Waals surface area (Å²) in [5.74, 6) is -0.338. The van der Waals surface area contributed by atoms with Crippen LogP contribution in [0.4, 0.5) is 0 Å². The van der Waals surface area contributed by atoms with Gasteiger partial charge in [0.15, 0.2) is 0 Å². The minimum atomic E-state index is -3.68. The molecule has 0 spiro atoms. The predicted molar refractivity (Wildman–Crippen MR) is 98.7 cm³/mol. The van der Waals surface area contributed by atoms with Crippen LogP contribution in [0, 0.1) is 13.8 Å². The molecule has 0 unspecified atom stereocenters. The van der Waals surface area contributed by atoms with Gasteiger partial charge in [0.25, 0.3) is 0 Å². The fraction of sp³-hybridized carbons (Fsp3) is 0.316. The molecule has 0 aliphatic heterocycles. The van der Waals surface area contributed by atoms with Crippen molar-refractivity contribution in [2.75, 3.05) is 13.6 Å². The van der Waals surface area contributed by atoms with Crippen LogP contribution in [-0.4, -0.2) is 32.2 Å². The molecule has 5 nitrogen and oxygen atoms in total. The van der Waals surface area contributed by atoms with Gasteiger partial charge in [0.1, 0.15) is 0 Å². The molecule has 0 aliphatic rings. The number of benzene rings is 2. The largest absolute Gasteiger partial charge is 0.348 e. The van der Waals surface area contributed by atoms with E-state index in [1.165, 1.54) is 19.2 Å². The molecule has 0 aliphatic carbocycles. The Bertz CT molecular complexity index is 848. The third-order valence-electron chi connectivity index (χ3n) is 4.10. The van der Waals surface area contributed by atoms with Crippen LogP contribution in [0.2, 0.25) is 0 Å². The van der Waals surface area contributed by atoms with Crippen LogP contribution in [0.5, 0.6) is 0 Å². The maximum absolute atomic E-state index is 12.5. The highest BCUT2D eigenvalue weighted by Gasteiger charge is 2.23. The van der Waals surface area contributed by atoms with Gasteiger partial charge in [0.2, 0.25) is 15.9 Å². The van der Waals surface area contributed by atoms with E-state index in [0.717, 1.165) is 21.0 Å². The minimum absolute atomic E-state index is 0.174. The molecule has 6 heteroatoms. The second-order valence-electron chi connectivity index (χ2n) is 6.22. The summed E-state index contributed by atoms with van der Waals surface area (Å²) in [6, 6.07) is 14.0. The highest BCUT2D eigenvalue weighted by atomic mass is 32.2. The molecule has 2 rings (SSSR count). The van der Waals surface area contributed by atoms with Crippen molar-refractivity contribution < 1.29 is 13.2 Å². The maximum Gasteiger partial charge on any atom is 0.243 e. The molecule has 0 heterocycles. The summed E-state index contributed by atoms with van der Waals surface area (Å²) in [7, 11) is -2.27. The van der Waals surface area contributed by atoms with Crippen LogP contribution in [-0.2, 0) is 14.8 Å². The van der Waals surface area contributed by atoms with Crippen LogP contribution in [0.15, 0.2) is 53.4 Å². The highest BCUT2D eigenvalue weighted by molar-refractivity contribution is 7.89. The average Bonchev–Trinajstić information content (AvgIpc) is 2.57. The number of nitrogens with one attached hydrogen (secondary N) is 1. The lowest BCUT2D eigenvalue weighted by Crippen LogP contribution is -2.39. The number of nitrogens with zero attached hydrogens (tertiary/aromatic N) is 1. The minimum Gasteiger partial charge on any atom is -0.348 e. The molecule has 134 valence electrons. The molecule has 0 fully saturated rings. The van der Waals surface area contributed by atoms with E-state index >= 15 is 0 Å². The molecule has 0 bridgehead atoms. The van der Waals surface area contributed by atoms with Gasteiger partial charge in [-0.1, -0.05) is 42.0 Å². The number of hydrogen-bond donors (Lipinski definition) is 1. The third kappa shape index (κ3) is 4.67. The van der Waals surface area contributed by atoms with Crippen molar-refractivity contribution in [3.63, 3.8) is 0 Å². The van der Waals surface area contributed by atoms with E-state index < -0.39 is 10.0 Å². The fourth-order valence-corrected chi connectivity index (χ4v) is 3.80. The van der Waals surface area contributed by atoms with Crippen LogP contribution in [0.25, 0.3) is 0 Å². The SMILES string of the molecule is Cc1ccc(C)c([C@H](C)NC(=O)CN(C)S(=O)(=O)c2ccccc2)c1. The van der Waals surface area contributed by atoms with Gasteiger partial charge in [-0.25, -0.2) is 8.42 Å². The van der Waals surface area contributed by atoms with E-state index in [1.54, 1.807) is 18.2 Å². The monoisotopic (exact) mass is 360 g/mol. The van der Waals surface area contributed by atoms with Gasteiger partial charge in [-0.3, -0.25) is 4.79 Å². The standard InChI is InChI=1S/C19H24N2O3S/c1-14-10-11-15(2)18(12-14)16(3)20-19(22)13-21(4)25(23,24)17-8-6-5-7-9-17/h5-12,16H,13H2,1-4H3,(H,20,22)/t16-/m0/s1. The molecular formula is C19H24N2O3S. The number of carbonyl (C=O) groups excluding carboxylic acids is 1. The summed E-state index contributed by atoms with van der Waals surface area (Å²) in [6.45, 7) is 5.65. The smallest absolute Gasteiger partial charge is 0.243 e. The van der Waals surface area contributed by atoms with Gasteiger partial charge in [0, 0.05) is 7.05 Å². The van der Waals surface area contributed by atoms with Crippen molar-refractivity contribution in [3.8, 4) is 0 Å². The first-order valence-electron chi connectivity index (χ1n) is 8.09. The first-order chi connectivity index (χ1) is 11.7. The number of hydrogen-bond acceptors (Lipinski definition) is 3. The maximum atomic E-state index is 12.5. The van der Waals surface area contributed by atoms with Crippen LogP contribution >= 0.6 is 0 Å². The number of sulfonamides is 1. The van der Waals surface area contributed by atoms with Crippen molar-refractivity contribution >= 4 is 15.9 Å². The predicted octanol–water partition coefficient (Wildman–Crippen LogP) is 2.80. The zero-order valence-electron chi connectivity index (χ0n) is 15.0. The van der Waals surface area contributed by atoms with E-state index in [9.17, 15) is 13.2 Å². The summed E-state index contributed by atoms with van der Waals surface area (Å²) < 4.78 is 26.0. The number of carbonyl (C=O) groups is 1. The number of likely N-dealkylation sites (N-methyl/N-ethyl adjacent to an activating group) is 1. The second kappa shape index (κ2) is 7.80. The Labute approximate surface area is 149 Å². The van der Waals surface area contributed by atoms with Gasteiger partial charge in [-0.15, -0.1) is 0 Å². The molecule has 2 aromatic carbocycles. The lowest BCUT2D eigenvalue weighted by Gasteiger charge is -2.20. The Kier molecular flexibility index (Phi) is 5.98. The Hall–Kier alpha value is -2.18. The van der Waals surface area contributed by atoms with Crippen molar-refractivity contribution in [1.29, 1.82) is 0 Å². The summed E-state index contributed by atoms with van der Waals surface area (Å²) >= 11 is 0. The molecule has 0 saturated heterocycles. The molecule has 1 atom stereocenters. The molecule has 1 amide bonds. The van der Waals surface area contributed by atoms with Gasteiger partial charge in [0.05, 0.1) is 17.5 Å². The lowest BCUT2D eigenvalue weighted by atomic mass is 10.00. The van der Waals surface area contributed by atoms with Crippen LogP contribution < -0.4 is 5.32 Å². The summed E-state index contributed by atoms with van der Waals surface area (Å²) in [4.78, 5) is 12.5. The number of rotatable bonds is 6. The summed E-state index contributed by atoms with van der Waals surface area (Å²) in [5.41, 5.74) is 3.23. The lowest BCUT2D eigenvalue weighted by molar-refractivity contribution is -0.121. The molecule has 0 aromatic heterocycles. The molecule has 25 heavy (non-hydrogen) atoms. The number of amides is 1. The van der Waals surface area contributed by atoms with Crippen molar-refractivity contribution in [2.24, 2.45) is 0 Å². The zero-order valence-corrected chi connectivity index (χ0v) is 15.8. The molecule has 0 saturated carbocycles. The quantitative estimate of drug-likeness (QED) is 0.861. The summed E-state index contributed by atoms with van der Waals surface area (Å²) in [6.07, 6.45) is 0. The van der Waals surface area contributed by atoms with Crippen molar-refractivity contribution in [1.82, 2.24) is 9.62 Å². The van der Waals surface area contributed by atoms with Crippen LogP contribution in [0.1, 0.15) is 29.7 Å². The normalized spacial score (nSPS) is 12.8. The van der Waals surface area contributed by atoms with Gasteiger partial charge < -0.3 is 5.32 Å². The van der Waals surface area contributed by atoms with E-state index in [4.69, 9.17) is 0 Å². The Morgan fingerprint density at radius 3 is 2.40 bits per heavy atom. The number of aryl methyl sites for hydroxylation is 2. The molecule has 1 N–H and O–H groups in total. The van der Waals surface area contributed by atoms with E-state index in [0.29, 0.717) is 0 Å². The molecular weight excluding hydrogens is 336 g/mol. The Morgan fingerprint density at radius 2 is 1.76 bits per heavy atom. The van der Waals surface area contributed by atoms with Crippen molar-refractivity contribution in [2.45, 2.75) is 31.7 Å². The Morgan fingerprint density at radius 1 is 1.12 bits per heavy atom. The Balaban J connectivity index is 2.05. The summed E-state index contributed by atoms with van der Waals surface area (Å²) in [5, 5.41) is 2.87. The molecule has 2 aromatic rings. The van der Waals surface area contributed by atoms with Crippen LogP contribution in [0.3, 0.4) is 0 Å². The van der Waals surface area contributed by atoms with E-state index in [1.807, 2.05) is 39.0 Å². The van der Waals surface area contributed by atoms with Gasteiger partial charge in [-0.2, -0.15) is 4.31 Å². The zero-order chi connectivity index (χ0) is 18.6. The van der Waals surface area contributed by atoms with Gasteiger partial charge >= 0.3 is 0 Å². The topological polar surface area (TPSA) is 66.5 Å².